The molecular formula is C12H20N4O4S. The van der Waals surface area contributed by atoms with Crippen LogP contribution in [0.4, 0.5) is 11.4 Å². The summed E-state index contributed by atoms with van der Waals surface area (Å²) in [6.07, 6.45) is 0.670. The molecule has 1 rings (SSSR count). The number of anilines is 1. The standard InChI is InChI=1S/C12H20N4O4S/c1-8(2)6-9(3)15-21(19,20)10-4-5-11(14-13)12(7-10)16(17)18/h4-5,7-9,14-15H,6,13H2,1-3H3. The zero-order chi connectivity index (χ0) is 16.2. The number of sulfonamides is 1. The van der Waals surface area contributed by atoms with Crippen LogP contribution in [0.2, 0.25) is 0 Å². The number of nitrogens with two attached hydrogens (primary N) is 1. The number of nitrogens with zero attached hydrogens (tertiary/aromatic N) is 1. The van der Waals surface area contributed by atoms with E-state index in [9.17, 15) is 18.5 Å². The summed E-state index contributed by atoms with van der Waals surface area (Å²) in [5.41, 5.74) is 1.82. The van der Waals surface area contributed by atoms with Crippen LogP contribution in [0.25, 0.3) is 0 Å². The largest absolute Gasteiger partial charge is 0.318 e. The van der Waals surface area contributed by atoms with Crippen molar-refractivity contribution < 1.29 is 13.3 Å². The lowest BCUT2D eigenvalue weighted by atomic mass is 10.1. The number of nitro benzene ring substituents is 1. The van der Waals surface area contributed by atoms with Crippen molar-refractivity contribution in [2.24, 2.45) is 11.8 Å². The lowest BCUT2D eigenvalue weighted by Crippen LogP contribution is -2.33. The maximum atomic E-state index is 12.2. The van der Waals surface area contributed by atoms with Gasteiger partial charge in [-0.25, -0.2) is 13.1 Å². The van der Waals surface area contributed by atoms with Crippen LogP contribution in [0.3, 0.4) is 0 Å². The van der Waals surface area contributed by atoms with E-state index in [-0.39, 0.29) is 16.6 Å². The second kappa shape index (κ2) is 6.83. The third-order valence-electron chi connectivity index (χ3n) is 2.81. The number of nitro groups is 1. The van der Waals surface area contributed by atoms with Crippen LogP contribution in [0.5, 0.6) is 0 Å². The fourth-order valence-corrected chi connectivity index (χ4v) is 3.32. The van der Waals surface area contributed by atoms with Gasteiger partial charge in [-0.2, -0.15) is 0 Å². The minimum absolute atomic E-state index is 0.0502. The Hall–Kier alpha value is -1.71. The summed E-state index contributed by atoms with van der Waals surface area (Å²) in [6, 6.07) is 3.26. The molecule has 4 N–H and O–H groups in total. The number of hydrogen-bond donors (Lipinski definition) is 3. The second-order valence-electron chi connectivity index (χ2n) is 5.23. The number of nitrogens with one attached hydrogen (secondary N) is 2. The van der Waals surface area contributed by atoms with Gasteiger partial charge in [-0.05, 0) is 31.4 Å². The van der Waals surface area contributed by atoms with E-state index in [0.29, 0.717) is 12.3 Å². The van der Waals surface area contributed by atoms with E-state index in [1.54, 1.807) is 6.92 Å². The predicted molar refractivity (Wildman–Crippen MR) is 80.1 cm³/mol. The summed E-state index contributed by atoms with van der Waals surface area (Å²) in [5, 5.41) is 10.9. The lowest BCUT2D eigenvalue weighted by Gasteiger charge is -2.16. The minimum Gasteiger partial charge on any atom is -0.318 e. The molecule has 1 aromatic carbocycles. The van der Waals surface area contributed by atoms with Crippen molar-refractivity contribution >= 4 is 21.4 Å². The maximum Gasteiger partial charge on any atom is 0.294 e. The first kappa shape index (κ1) is 17.3. The summed E-state index contributed by atoms with van der Waals surface area (Å²) >= 11 is 0. The van der Waals surface area contributed by atoms with E-state index in [0.717, 1.165) is 6.07 Å². The Kier molecular flexibility index (Phi) is 5.64. The molecule has 0 aliphatic carbocycles. The van der Waals surface area contributed by atoms with Crippen molar-refractivity contribution in [1.29, 1.82) is 0 Å². The average Bonchev–Trinajstić information content (AvgIpc) is 2.35. The highest BCUT2D eigenvalue weighted by molar-refractivity contribution is 7.89. The Balaban J connectivity index is 3.09. The van der Waals surface area contributed by atoms with Crippen LogP contribution in [-0.2, 0) is 10.0 Å². The topological polar surface area (TPSA) is 127 Å². The van der Waals surface area contributed by atoms with Gasteiger partial charge < -0.3 is 5.43 Å². The third kappa shape index (κ3) is 4.66. The highest BCUT2D eigenvalue weighted by atomic mass is 32.2. The first-order chi connectivity index (χ1) is 9.67. The Bertz CT molecular complexity index is 616. The molecule has 0 fully saturated rings. The van der Waals surface area contributed by atoms with E-state index in [2.05, 4.69) is 10.1 Å². The molecule has 0 heterocycles. The van der Waals surface area contributed by atoms with Crippen molar-refractivity contribution in [3.63, 3.8) is 0 Å². The van der Waals surface area contributed by atoms with Gasteiger partial charge in [0.2, 0.25) is 10.0 Å². The number of hydrogen-bond acceptors (Lipinski definition) is 6. The minimum atomic E-state index is -3.81. The van der Waals surface area contributed by atoms with Crippen molar-refractivity contribution in [3.8, 4) is 0 Å². The van der Waals surface area contributed by atoms with Gasteiger partial charge in [-0.3, -0.25) is 16.0 Å². The molecule has 0 amide bonds. The van der Waals surface area contributed by atoms with E-state index >= 15 is 0 Å². The Morgan fingerprint density at radius 2 is 1.95 bits per heavy atom. The van der Waals surface area contributed by atoms with Crippen molar-refractivity contribution in [3.05, 3.63) is 28.3 Å². The molecule has 0 saturated heterocycles. The molecule has 8 nitrogen and oxygen atoms in total. The van der Waals surface area contributed by atoms with Gasteiger partial charge in [-0.15, -0.1) is 0 Å². The van der Waals surface area contributed by atoms with Crippen LogP contribution in [0, 0.1) is 16.0 Å². The van der Waals surface area contributed by atoms with Crippen molar-refractivity contribution in [2.75, 3.05) is 5.43 Å². The number of hydrazine groups is 1. The van der Waals surface area contributed by atoms with Crippen molar-refractivity contribution in [1.82, 2.24) is 4.72 Å². The molecular weight excluding hydrogens is 296 g/mol. The molecule has 118 valence electrons. The van der Waals surface area contributed by atoms with E-state index in [1.807, 2.05) is 13.8 Å². The van der Waals surface area contributed by atoms with Crippen LogP contribution < -0.4 is 16.0 Å². The van der Waals surface area contributed by atoms with Gasteiger partial charge >= 0.3 is 0 Å². The highest BCUT2D eigenvalue weighted by Gasteiger charge is 2.22. The highest BCUT2D eigenvalue weighted by Crippen LogP contribution is 2.26. The summed E-state index contributed by atoms with van der Waals surface area (Å²) in [4.78, 5) is 10.1. The molecule has 0 aliphatic heterocycles. The molecule has 0 aromatic heterocycles. The van der Waals surface area contributed by atoms with Gasteiger partial charge in [-0.1, -0.05) is 13.8 Å². The fourth-order valence-electron chi connectivity index (χ4n) is 2.04. The first-order valence-electron chi connectivity index (χ1n) is 6.44. The summed E-state index contributed by atoms with van der Waals surface area (Å²) in [6.45, 7) is 5.72. The Labute approximate surface area is 123 Å². The zero-order valence-electron chi connectivity index (χ0n) is 12.2. The van der Waals surface area contributed by atoms with Gasteiger partial charge in [0.15, 0.2) is 0 Å². The van der Waals surface area contributed by atoms with Gasteiger partial charge in [0.1, 0.15) is 5.69 Å². The maximum absolute atomic E-state index is 12.2. The zero-order valence-corrected chi connectivity index (χ0v) is 13.0. The van der Waals surface area contributed by atoms with Crippen LogP contribution in [0.15, 0.2) is 23.1 Å². The molecule has 0 aliphatic rings. The van der Waals surface area contributed by atoms with Crippen LogP contribution in [0.1, 0.15) is 27.2 Å². The molecule has 1 atom stereocenters. The molecule has 21 heavy (non-hydrogen) atoms. The average molecular weight is 316 g/mol. The molecule has 0 radical (unpaired) electrons. The van der Waals surface area contributed by atoms with Crippen LogP contribution >= 0.6 is 0 Å². The van der Waals surface area contributed by atoms with Gasteiger partial charge in [0.05, 0.1) is 9.82 Å². The molecule has 0 spiro atoms. The van der Waals surface area contributed by atoms with Crippen molar-refractivity contribution in [2.45, 2.75) is 38.1 Å². The number of benzene rings is 1. The first-order valence-corrected chi connectivity index (χ1v) is 7.93. The molecule has 1 aromatic rings. The van der Waals surface area contributed by atoms with E-state index in [1.165, 1.54) is 12.1 Å². The predicted octanol–water partition coefficient (Wildman–Crippen LogP) is 1.59. The third-order valence-corrected chi connectivity index (χ3v) is 4.40. The molecule has 0 bridgehead atoms. The number of rotatable bonds is 7. The smallest absolute Gasteiger partial charge is 0.294 e. The van der Waals surface area contributed by atoms with E-state index in [4.69, 9.17) is 5.84 Å². The Morgan fingerprint density at radius 1 is 1.33 bits per heavy atom. The second-order valence-corrected chi connectivity index (χ2v) is 6.95. The molecule has 9 heteroatoms. The molecule has 1 unspecified atom stereocenters. The van der Waals surface area contributed by atoms with Gasteiger partial charge in [0.25, 0.3) is 5.69 Å². The summed E-state index contributed by atoms with van der Waals surface area (Å²) in [7, 11) is -3.81. The lowest BCUT2D eigenvalue weighted by molar-refractivity contribution is -0.384. The Morgan fingerprint density at radius 3 is 2.43 bits per heavy atom. The van der Waals surface area contributed by atoms with Gasteiger partial charge in [0, 0.05) is 12.1 Å². The molecule has 0 saturated carbocycles. The number of nitrogen functional groups attached to an aromatic ring is 1. The SMILES string of the molecule is CC(C)CC(C)NS(=O)(=O)c1ccc(NN)c([N+](=O)[O-])c1. The monoisotopic (exact) mass is 316 g/mol. The van der Waals surface area contributed by atoms with Crippen LogP contribution in [-0.4, -0.2) is 19.4 Å². The quantitative estimate of drug-likeness (QED) is 0.398. The summed E-state index contributed by atoms with van der Waals surface area (Å²) in [5.74, 6) is 5.50. The van der Waals surface area contributed by atoms with E-state index < -0.39 is 20.6 Å². The normalized spacial score (nSPS) is 13.2. The summed E-state index contributed by atoms with van der Waals surface area (Å²) < 4.78 is 26.9. The fraction of sp³-hybridized carbons (Fsp3) is 0.500.